The number of piperazine rings is 1. The van der Waals surface area contributed by atoms with Crippen LogP contribution in [-0.2, 0) is 4.79 Å². The third-order valence-electron chi connectivity index (χ3n) is 8.01. The number of rotatable bonds is 6. The maximum Gasteiger partial charge on any atom is 0.515 e. The number of quaternary nitrogens is 1. The first-order valence-corrected chi connectivity index (χ1v) is 12.0. The highest BCUT2D eigenvalue weighted by molar-refractivity contribution is 5.71. The van der Waals surface area contributed by atoms with Gasteiger partial charge in [0, 0.05) is 31.5 Å². The van der Waals surface area contributed by atoms with Crippen molar-refractivity contribution in [2.75, 3.05) is 33.2 Å². The molecule has 184 valence electrons. The fourth-order valence-electron chi connectivity index (χ4n) is 6.31. The number of halogens is 2. The van der Waals surface area contributed by atoms with Crippen LogP contribution in [0.3, 0.4) is 0 Å². The van der Waals surface area contributed by atoms with Crippen LogP contribution in [-0.4, -0.2) is 76.7 Å². The molecule has 2 aromatic rings. The van der Waals surface area contributed by atoms with Gasteiger partial charge >= 0.3 is 6.09 Å². The SMILES string of the molecule is CN1CC[N@+](C(=O)O)(C2CC2)C(CC=O)(N2CC(c3cc(F)ccc3F)=C[C@H]2c2ccccc2)C1. The van der Waals surface area contributed by atoms with Gasteiger partial charge in [-0.15, -0.1) is 0 Å². The fraction of sp³-hybridized carbons (Fsp3) is 0.407. The average molecular weight is 483 g/mol. The minimum Gasteiger partial charge on any atom is -0.435 e. The first-order valence-electron chi connectivity index (χ1n) is 12.0. The number of aldehydes is 1. The Labute approximate surface area is 203 Å². The highest BCUT2D eigenvalue weighted by atomic mass is 19.1. The second-order valence-corrected chi connectivity index (χ2v) is 10.00. The lowest BCUT2D eigenvalue weighted by Gasteiger charge is -2.58. The summed E-state index contributed by atoms with van der Waals surface area (Å²) in [4.78, 5) is 29.4. The molecule has 1 saturated heterocycles. The van der Waals surface area contributed by atoms with Crippen LogP contribution in [0.1, 0.15) is 36.4 Å². The van der Waals surface area contributed by atoms with E-state index >= 15 is 0 Å². The molecule has 2 heterocycles. The summed E-state index contributed by atoms with van der Waals surface area (Å²) in [7, 11) is 1.94. The van der Waals surface area contributed by atoms with Crippen LogP contribution in [0.4, 0.5) is 13.6 Å². The number of amides is 1. The number of benzene rings is 2. The van der Waals surface area contributed by atoms with Gasteiger partial charge in [0.05, 0.1) is 19.0 Å². The van der Waals surface area contributed by atoms with E-state index in [1.807, 2.05) is 43.5 Å². The number of hydrogen-bond donors (Lipinski definition) is 1. The molecule has 3 aliphatic rings. The Kier molecular flexibility index (Phi) is 6.07. The van der Waals surface area contributed by atoms with E-state index in [0.29, 0.717) is 25.2 Å². The quantitative estimate of drug-likeness (QED) is 0.492. The molecule has 1 N–H and O–H groups in total. The topological polar surface area (TPSA) is 60.9 Å². The predicted molar refractivity (Wildman–Crippen MR) is 127 cm³/mol. The number of hydrogen-bond acceptors (Lipinski definition) is 4. The van der Waals surface area contributed by atoms with E-state index in [9.17, 15) is 23.5 Å². The van der Waals surface area contributed by atoms with Crippen LogP contribution in [0.5, 0.6) is 0 Å². The second kappa shape index (κ2) is 8.93. The highest BCUT2D eigenvalue weighted by Crippen LogP contribution is 2.51. The average Bonchev–Trinajstić information content (AvgIpc) is 3.59. The first kappa shape index (κ1) is 23.8. The van der Waals surface area contributed by atoms with Crippen molar-refractivity contribution >= 4 is 18.0 Å². The van der Waals surface area contributed by atoms with Crippen LogP contribution >= 0.6 is 0 Å². The molecule has 2 aliphatic heterocycles. The maximum absolute atomic E-state index is 14.9. The summed E-state index contributed by atoms with van der Waals surface area (Å²) < 4.78 is 28.8. The van der Waals surface area contributed by atoms with Crippen molar-refractivity contribution in [3.8, 4) is 0 Å². The van der Waals surface area contributed by atoms with Crippen LogP contribution in [0.2, 0.25) is 0 Å². The lowest BCUT2D eigenvalue weighted by Crippen LogP contribution is -2.81. The molecule has 0 bridgehead atoms. The molecule has 3 atom stereocenters. The molecule has 0 spiro atoms. The number of carbonyl (C=O) groups excluding carboxylic acids is 1. The molecule has 1 unspecified atom stereocenters. The third kappa shape index (κ3) is 3.80. The van der Waals surface area contributed by atoms with E-state index in [1.54, 1.807) is 0 Å². The van der Waals surface area contributed by atoms with Crippen molar-refractivity contribution in [1.82, 2.24) is 9.80 Å². The summed E-state index contributed by atoms with van der Waals surface area (Å²) >= 11 is 0. The zero-order valence-electron chi connectivity index (χ0n) is 19.7. The van der Waals surface area contributed by atoms with E-state index in [4.69, 9.17) is 0 Å². The lowest BCUT2D eigenvalue weighted by molar-refractivity contribution is -0.938. The summed E-state index contributed by atoms with van der Waals surface area (Å²) in [5, 5.41) is 10.7. The van der Waals surface area contributed by atoms with E-state index < -0.39 is 29.4 Å². The molecule has 1 saturated carbocycles. The van der Waals surface area contributed by atoms with E-state index in [1.165, 1.54) is 6.07 Å². The van der Waals surface area contributed by atoms with Gasteiger partial charge in [0.1, 0.15) is 30.5 Å². The molecule has 2 aromatic carbocycles. The molecule has 0 aromatic heterocycles. The largest absolute Gasteiger partial charge is 0.515 e. The molecule has 35 heavy (non-hydrogen) atoms. The Balaban J connectivity index is 1.70. The highest BCUT2D eigenvalue weighted by Gasteiger charge is 2.69. The Morgan fingerprint density at radius 2 is 1.94 bits per heavy atom. The number of likely N-dealkylation sites (N-methyl/N-ethyl adjacent to an activating group) is 1. The molecule has 5 rings (SSSR count). The first-order chi connectivity index (χ1) is 16.8. The van der Waals surface area contributed by atoms with Gasteiger partial charge in [-0.3, -0.25) is 4.90 Å². The van der Waals surface area contributed by atoms with Crippen LogP contribution in [0.25, 0.3) is 5.57 Å². The molecular formula is C27H30F2N3O3+. The predicted octanol–water partition coefficient (Wildman–Crippen LogP) is 4.29. The van der Waals surface area contributed by atoms with Crippen molar-refractivity contribution < 1.29 is 28.0 Å². The van der Waals surface area contributed by atoms with Crippen LogP contribution in [0.15, 0.2) is 54.6 Å². The number of carbonyl (C=O) groups is 2. The van der Waals surface area contributed by atoms with Crippen molar-refractivity contribution in [3.63, 3.8) is 0 Å². The molecule has 8 heteroatoms. The van der Waals surface area contributed by atoms with E-state index in [0.717, 1.165) is 36.8 Å². The monoisotopic (exact) mass is 482 g/mol. The standard InChI is InChI=1S/C27H29F2N3O3/c1-30-12-13-32(26(34)35,22-8-9-22)27(18-30,11-14-33)31-17-20(23-16-21(28)7-10-24(23)29)15-25(31)19-5-3-2-4-6-19/h2-7,10,14-16,22,25H,8-9,11-13,17-18H2,1H3/p+1/t25-,27?,32+/m0/s1. The zero-order valence-corrected chi connectivity index (χ0v) is 19.7. The van der Waals surface area contributed by atoms with Gasteiger partial charge < -0.3 is 9.90 Å². The second-order valence-electron chi connectivity index (χ2n) is 10.00. The van der Waals surface area contributed by atoms with Gasteiger partial charge in [0.15, 0.2) is 5.66 Å². The minimum absolute atomic E-state index is 0.0240. The van der Waals surface area contributed by atoms with Gasteiger partial charge in [0.25, 0.3) is 0 Å². The minimum atomic E-state index is -1.07. The normalized spacial score (nSPS) is 29.7. The van der Waals surface area contributed by atoms with Gasteiger partial charge in [-0.2, -0.15) is 9.28 Å². The van der Waals surface area contributed by atoms with Gasteiger partial charge in [0.2, 0.25) is 0 Å². The molecule has 6 nitrogen and oxygen atoms in total. The van der Waals surface area contributed by atoms with Gasteiger partial charge in [-0.1, -0.05) is 36.4 Å². The van der Waals surface area contributed by atoms with Crippen LogP contribution < -0.4 is 0 Å². The van der Waals surface area contributed by atoms with Crippen molar-refractivity contribution in [3.05, 3.63) is 77.4 Å². The molecule has 2 fully saturated rings. The molecule has 1 aliphatic carbocycles. The molecule has 1 amide bonds. The van der Waals surface area contributed by atoms with E-state index in [2.05, 4.69) is 9.80 Å². The number of carboxylic acid groups (broad SMARTS) is 1. The summed E-state index contributed by atoms with van der Waals surface area (Å²) in [6.07, 6.45) is 3.40. The summed E-state index contributed by atoms with van der Waals surface area (Å²) in [5.74, 6) is -1.07. The fourth-order valence-corrected chi connectivity index (χ4v) is 6.31. The Morgan fingerprint density at radius 1 is 1.20 bits per heavy atom. The van der Waals surface area contributed by atoms with E-state index in [-0.39, 0.29) is 29.1 Å². The molecular weight excluding hydrogens is 452 g/mol. The summed E-state index contributed by atoms with van der Waals surface area (Å²) in [6, 6.07) is 12.5. The van der Waals surface area contributed by atoms with Crippen LogP contribution in [0, 0.1) is 11.6 Å². The van der Waals surface area contributed by atoms with Crippen molar-refractivity contribution in [2.24, 2.45) is 0 Å². The maximum atomic E-state index is 14.9. The van der Waals surface area contributed by atoms with Crippen molar-refractivity contribution in [2.45, 2.75) is 37.0 Å². The van der Waals surface area contributed by atoms with Crippen molar-refractivity contribution in [1.29, 1.82) is 0 Å². The van der Waals surface area contributed by atoms with Gasteiger partial charge in [-0.05, 0) is 36.4 Å². The third-order valence-corrected chi connectivity index (χ3v) is 8.01. The Hall–Kier alpha value is -2.94. The molecule has 0 radical (unpaired) electrons. The van der Waals surface area contributed by atoms with Gasteiger partial charge in [-0.25, -0.2) is 13.7 Å². The Bertz CT molecular complexity index is 1170. The zero-order chi connectivity index (χ0) is 24.8. The number of nitrogens with zero attached hydrogens (tertiary/aromatic N) is 3. The summed E-state index contributed by atoms with van der Waals surface area (Å²) in [6.45, 7) is 1.57. The summed E-state index contributed by atoms with van der Waals surface area (Å²) in [5.41, 5.74) is 0.606. The Morgan fingerprint density at radius 3 is 2.60 bits per heavy atom. The smallest absolute Gasteiger partial charge is 0.435 e. The lowest BCUT2D eigenvalue weighted by atomic mass is 9.91.